The summed E-state index contributed by atoms with van der Waals surface area (Å²) in [6, 6.07) is 25.4. The number of alkyl halides is 1. The molecule has 1 aliphatic heterocycles. The number of aromatic nitrogens is 4. The molecular weight excluding hydrogens is 645 g/mol. The van der Waals surface area contributed by atoms with Gasteiger partial charge in [-0.1, -0.05) is 78.7 Å². The van der Waals surface area contributed by atoms with Crippen LogP contribution in [-0.2, 0) is 15.1 Å². The van der Waals surface area contributed by atoms with Gasteiger partial charge in [0.25, 0.3) is 5.85 Å². The van der Waals surface area contributed by atoms with Crippen LogP contribution < -0.4 is 9.64 Å². The first-order chi connectivity index (χ1) is 23.8. The number of anilines is 1. The number of carbonyl (C=O) groups is 1. The van der Waals surface area contributed by atoms with Crippen molar-refractivity contribution < 1.29 is 38.7 Å². The summed E-state index contributed by atoms with van der Waals surface area (Å²) in [6.07, 6.45) is 2.63. The van der Waals surface area contributed by atoms with Gasteiger partial charge in [-0.05, 0) is 49.6 Å². The smallest absolute Gasteiger partial charge is 0.413 e. The topological polar surface area (TPSA) is 152 Å². The molecule has 1 fully saturated rings. The number of fused-ring (bicyclic) bond motifs is 1. The molecule has 3 heterocycles. The molecule has 12 nitrogen and oxygen atoms in total. The van der Waals surface area contributed by atoms with Crippen molar-refractivity contribution >= 4 is 23.1 Å². The second-order valence-corrected chi connectivity index (χ2v) is 12.9. The molecular formula is C37H36FN5O7. The van der Waals surface area contributed by atoms with Gasteiger partial charge in [0.05, 0.1) is 13.4 Å². The van der Waals surface area contributed by atoms with Crippen LogP contribution in [0, 0.1) is 12.3 Å². The minimum Gasteiger partial charge on any atom is -0.497 e. The lowest BCUT2D eigenvalue weighted by molar-refractivity contribution is -0.228. The molecule has 0 unspecified atom stereocenters. The molecule has 0 spiro atoms. The normalized spacial score (nSPS) is 22.3. The molecule has 0 aliphatic carbocycles. The molecule has 1 saturated heterocycles. The Labute approximate surface area is 287 Å². The standard InChI is InChI=1S/C37H36FN5O7/c1-6-35(47)31(44)36(38,50-32(35)42-23-41-28-29(42)39-22-40-30(28)43(33(45)46)34(2,3)4)21-49-37(24-13-9-7-10-14-24,25-15-11-8-12-16-25)26-17-19-27(48-5)20-18-26/h1,7-20,22-23,31-32,44,47H,21H2,2-5H3,(H,45,46)/t31-,32+,35+,36+/m0/s1. The summed E-state index contributed by atoms with van der Waals surface area (Å²) >= 11 is 0. The summed E-state index contributed by atoms with van der Waals surface area (Å²) in [4.78, 5) is 25.9. The molecule has 1 aliphatic rings. The van der Waals surface area contributed by atoms with Crippen molar-refractivity contribution in [1.29, 1.82) is 0 Å². The number of amides is 1. The second kappa shape index (κ2) is 12.8. The SMILES string of the molecule is C#C[C@]1(O)[C@H](n2cnc3c(N(C(=O)O)C(C)(C)C)ncnc32)O[C@](F)(COC(c2ccccc2)(c2ccccc2)c2ccc(OC)cc2)[C@H]1O. The molecule has 0 radical (unpaired) electrons. The van der Waals surface area contributed by atoms with E-state index in [1.165, 1.54) is 0 Å². The number of benzene rings is 3. The summed E-state index contributed by atoms with van der Waals surface area (Å²) in [6.45, 7) is 4.11. The summed E-state index contributed by atoms with van der Waals surface area (Å²) in [5.41, 5.74) is -3.15. The van der Waals surface area contributed by atoms with Crippen LogP contribution >= 0.6 is 0 Å². The number of ether oxygens (including phenoxy) is 3. The van der Waals surface area contributed by atoms with E-state index in [2.05, 4.69) is 20.9 Å². The van der Waals surface area contributed by atoms with Crippen LogP contribution in [0.2, 0.25) is 0 Å². The van der Waals surface area contributed by atoms with E-state index in [9.17, 15) is 20.1 Å². The third kappa shape index (κ3) is 5.62. The maximum Gasteiger partial charge on any atom is 0.413 e. The molecule has 5 aromatic rings. The van der Waals surface area contributed by atoms with E-state index in [-0.39, 0.29) is 17.0 Å². The molecule has 0 saturated carbocycles. The summed E-state index contributed by atoms with van der Waals surface area (Å²) in [7, 11) is 1.55. The third-order valence-electron chi connectivity index (χ3n) is 8.75. The van der Waals surface area contributed by atoms with Crippen LogP contribution in [0.25, 0.3) is 11.2 Å². The molecule has 6 rings (SSSR count). The first-order valence-corrected chi connectivity index (χ1v) is 15.7. The fourth-order valence-corrected chi connectivity index (χ4v) is 6.33. The van der Waals surface area contributed by atoms with Gasteiger partial charge in [0.2, 0.25) is 5.60 Å². The number of hydrogen-bond donors (Lipinski definition) is 3. The zero-order valence-electron chi connectivity index (χ0n) is 27.8. The lowest BCUT2D eigenvalue weighted by Gasteiger charge is -2.38. The highest BCUT2D eigenvalue weighted by Crippen LogP contribution is 2.49. The minimum absolute atomic E-state index is 0.0153. The summed E-state index contributed by atoms with van der Waals surface area (Å²) < 4.78 is 36.3. The molecule has 3 N–H and O–H groups in total. The highest BCUT2D eigenvalue weighted by molar-refractivity contribution is 5.95. The van der Waals surface area contributed by atoms with Crippen molar-refractivity contribution in [2.24, 2.45) is 0 Å². The van der Waals surface area contributed by atoms with Crippen LogP contribution in [0.4, 0.5) is 15.0 Å². The van der Waals surface area contributed by atoms with Gasteiger partial charge in [-0.3, -0.25) is 9.47 Å². The van der Waals surface area contributed by atoms with Crippen LogP contribution in [0.1, 0.15) is 43.7 Å². The molecule has 4 atom stereocenters. The van der Waals surface area contributed by atoms with Crippen LogP contribution in [0.5, 0.6) is 5.75 Å². The van der Waals surface area contributed by atoms with Gasteiger partial charge in [0.15, 0.2) is 29.3 Å². The monoisotopic (exact) mass is 681 g/mol. The number of nitrogens with zero attached hydrogens (tertiary/aromatic N) is 5. The van der Waals surface area contributed by atoms with Crippen molar-refractivity contribution in [1.82, 2.24) is 19.5 Å². The molecule has 258 valence electrons. The zero-order valence-corrected chi connectivity index (χ0v) is 27.8. The lowest BCUT2D eigenvalue weighted by Crippen LogP contribution is -2.51. The Hall–Kier alpha value is -5.39. The molecule has 2 aromatic heterocycles. The van der Waals surface area contributed by atoms with E-state index in [1.807, 2.05) is 60.7 Å². The van der Waals surface area contributed by atoms with E-state index in [0.29, 0.717) is 22.4 Å². The van der Waals surface area contributed by atoms with Gasteiger partial charge in [0, 0.05) is 5.54 Å². The fraction of sp³-hybridized carbons (Fsp3) is 0.297. The fourth-order valence-electron chi connectivity index (χ4n) is 6.33. The Balaban J connectivity index is 1.44. The Bertz CT molecular complexity index is 1990. The van der Waals surface area contributed by atoms with Crippen LogP contribution in [-0.4, -0.2) is 77.7 Å². The number of halogens is 1. The number of hydrogen-bond acceptors (Lipinski definition) is 9. The first kappa shape index (κ1) is 34.5. The average molecular weight is 682 g/mol. The van der Waals surface area contributed by atoms with E-state index in [0.717, 1.165) is 22.1 Å². The second-order valence-electron chi connectivity index (χ2n) is 12.9. The largest absolute Gasteiger partial charge is 0.497 e. The van der Waals surface area contributed by atoms with E-state index >= 15 is 4.39 Å². The van der Waals surface area contributed by atoms with Crippen LogP contribution in [0.3, 0.4) is 0 Å². The van der Waals surface area contributed by atoms with Crippen molar-refractivity contribution in [3.63, 3.8) is 0 Å². The lowest BCUT2D eigenvalue weighted by atomic mass is 9.80. The quantitative estimate of drug-likeness (QED) is 0.142. The Morgan fingerprint density at radius 2 is 1.58 bits per heavy atom. The predicted molar refractivity (Wildman–Crippen MR) is 181 cm³/mol. The molecule has 3 aromatic carbocycles. The van der Waals surface area contributed by atoms with Crippen LogP contribution in [0.15, 0.2) is 97.6 Å². The third-order valence-corrected chi connectivity index (χ3v) is 8.75. The Morgan fingerprint density at radius 1 is 1.00 bits per heavy atom. The minimum atomic E-state index is -3.09. The number of terminal acetylenes is 1. The van der Waals surface area contributed by atoms with Gasteiger partial charge in [0.1, 0.15) is 24.3 Å². The van der Waals surface area contributed by atoms with E-state index in [1.54, 1.807) is 52.1 Å². The Kier molecular flexibility index (Phi) is 8.83. The number of rotatable bonds is 9. The summed E-state index contributed by atoms with van der Waals surface area (Å²) in [5.74, 6) is -0.439. The van der Waals surface area contributed by atoms with Crippen molar-refractivity contribution in [3.8, 4) is 18.1 Å². The van der Waals surface area contributed by atoms with Gasteiger partial charge in [-0.15, -0.1) is 6.42 Å². The van der Waals surface area contributed by atoms with Gasteiger partial charge < -0.3 is 29.5 Å². The number of imidazole rings is 1. The van der Waals surface area contributed by atoms with E-state index in [4.69, 9.17) is 20.6 Å². The molecule has 50 heavy (non-hydrogen) atoms. The van der Waals surface area contributed by atoms with Crippen molar-refractivity contribution in [3.05, 3.63) is 114 Å². The number of aliphatic hydroxyl groups is 2. The maximum atomic E-state index is 17.3. The summed E-state index contributed by atoms with van der Waals surface area (Å²) in [5, 5.41) is 33.2. The molecule has 0 bridgehead atoms. The predicted octanol–water partition coefficient (Wildman–Crippen LogP) is 5.05. The molecule has 1 amide bonds. The highest BCUT2D eigenvalue weighted by Gasteiger charge is 2.66. The number of carboxylic acid groups (broad SMARTS) is 1. The zero-order chi connectivity index (χ0) is 35.9. The number of aliphatic hydroxyl groups excluding tert-OH is 1. The van der Waals surface area contributed by atoms with Gasteiger partial charge in [-0.25, -0.2) is 24.1 Å². The van der Waals surface area contributed by atoms with Gasteiger partial charge in [-0.2, -0.15) is 0 Å². The average Bonchev–Trinajstić information content (AvgIpc) is 3.63. The highest BCUT2D eigenvalue weighted by atomic mass is 19.2. The Morgan fingerprint density at radius 3 is 2.10 bits per heavy atom. The molecule has 13 heteroatoms. The number of methoxy groups -OCH3 is 1. The van der Waals surface area contributed by atoms with Crippen molar-refractivity contribution in [2.75, 3.05) is 18.6 Å². The van der Waals surface area contributed by atoms with Gasteiger partial charge >= 0.3 is 6.09 Å². The van der Waals surface area contributed by atoms with Crippen molar-refractivity contribution in [2.45, 2.75) is 55.7 Å². The van der Waals surface area contributed by atoms with E-state index < -0.39 is 47.6 Å². The first-order valence-electron chi connectivity index (χ1n) is 15.7. The maximum absolute atomic E-state index is 17.3.